The first kappa shape index (κ1) is 13.8. The summed E-state index contributed by atoms with van der Waals surface area (Å²) in [5.41, 5.74) is -0.384. The summed E-state index contributed by atoms with van der Waals surface area (Å²) < 4.78 is 4.62. The lowest BCUT2D eigenvalue weighted by atomic mass is 10.1. The van der Waals surface area contributed by atoms with Crippen LogP contribution in [0, 0.1) is 0 Å². The Kier molecular flexibility index (Phi) is 3.98. The quantitative estimate of drug-likeness (QED) is 0.641. The van der Waals surface area contributed by atoms with Crippen molar-refractivity contribution in [3.63, 3.8) is 0 Å². The maximum absolute atomic E-state index is 11.9. The van der Waals surface area contributed by atoms with Gasteiger partial charge in [0.2, 0.25) is 0 Å². The predicted molar refractivity (Wildman–Crippen MR) is 61.4 cm³/mol. The molecule has 1 rings (SSSR count). The predicted octanol–water partition coefficient (Wildman–Crippen LogP) is 0.103. The number of carbonyl (C=O) groups is 2. The maximum atomic E-state index is 11.9. The van der Waals surface area contributed by atoms with Gasteiger partial charge in [-0.05, 0) is 20.8 Å². The summed E-state index contributed by atoms with van der Waals surface area (Å²) in [4.78, 5) is 24.7. The van der Waals surface area contributed by atoms with Gasteiger partial charge in [0, 0.05) is 18.5 Å². The lowest BCUT2D eigenvalue weighted by Crippen LogP contribution is -2.52. The van der Waals surface area contributed by atoms with Crippen LogP contribution in [-0.4, -0.2) is 53.3 Å². The number of amides is 2. The minimum absolute atomic E-state index is 0.154. The summed E-state index contributed by atoms with van der Waals surface area (Å²) in [6.45, 7) is 5.71. The van der Waals surface area contributed by atoms with Gasteiger partial charge in [-0.3, -0.25) is 0 Å². The second kappa shape index (κ2) is 4.91. The van der Waals surface area contributed by atoms with Gasteiger partial charge in [0.05, 0.1) is 13.2 Å². The van der Waals surface area contributed by atoms with Crippen LogP contribution in [0.5, 0.6) is 0 Å². The van der Waals surface area contributed by atoms with Gasteiger partial charge in [-0.1, -0.05) is 0 Å². The number of hydrogen-bond donors (Lipinski definition) is 2. The van der Waals surface area contributed by atoms with E-state index in [2.05, 4.69) is 10.1 Å². The summed E-state index contributed by atoms with van der Waals surface area (Å²) in [5.74, 6) is -0.495. The Morgan fingerprint density at radius 3 is 2.47 bits per heavy atom. The van der Waals surface area contributed by atoms with Crippen LogP contribution in [-0.2, 0) is 9.53 Å². The lowest BCUT2D eigenvalue weighted by molar-refractivity contribution is -0.145. The van der Waals surface area contributed by atoms with E-state index in [0.717, 1.165) is 0 Å². The van der Waals surface area contributed by atoms with Gasteiger partial charge in [0.25, 0.3) is 0 Å². The first-order chi connectivity index (χ1) is 7.74. The number of nitrogens with one attached hydrogen (secondary N) is 1. The van der Waals surface area contributed by atoms with Gasteiger partial charge >= 0.3 is 12.0 Å². The Hall–Kier alpha value is -1.30. The highest BCUT2D eigenvalue weighted by molar-refractivity contribution is 5.84. The SMILES string of the molecule is COC(=O)[C@@H]1C[C@@H](O)CN1C(=O)NC(C)(C)C. The van der Waals surface area contributed by atoms with Gasteiger partial charge < -0.3 is 20.1 Å². The zero-order valence-electron chi connectivity index (χ0n) is 10.7. The van der Waals surface area contributed by atoms with Crippen molar-refractivity contribution in [1.82, 2.24) is 10.2 Å². The van der Waals surface area contributed by atoms with E-state index in [1.807, 2.05) is 20.8 Å². The lowest BCUT2D eigenvalue weighted by Gasteiger charge is -2.28. The van der Waals surface area contributed by atoms with Crippen molar-refractivity contribution in [3.05, 3.63) is 0 Å². The van der Waals surface area contributed by atoms with E-state index in [1.165, 1.54) is 12.0 Å². The Morgan fingerprint density at radius 1 is 1.41 bits per heavy atom. The van der Waals surface area contributed by atoms with Crippen LogP contribution in [0.4, 0.5) is 4.79 Å². The Bertz CT molecular complexity index is 311. The first-order valence-electron chi connectivity index (χ1n) is 5.59. The molecule has 2 amide bonds. The standard InChI is InChI=1S/C11H20N2O4/c1-11(2,3)12-10(16)13-6-7(14)5-8(13)9(15)17-4/h7-8,14H,5-6H2,1-4H3,(H,12,16)/t7-,8+/m1/s1. The zero-order chi connectivity index (χ0) is 13.2. The number of β-amino-alcohol motifs (C(OH)–C–C–N with tert-alkyl or cyclic N) is 1. The fourth-order valence-corrected chi connectivity index (χ4v) is 1.79. The van der Waals surface area contributed by atoms with Crippen molar-refractivity contribution in [3.8, 4) is 0 Å². The number of nitrogens with zero attached hydrogens (tertiary/aromatic N) is 1. The molecule has 0 spiro atoms. The van der Waals surface area contributed by atoms with Crippen LogP contribution < -0.4 is 5.32 Å². The molecule has 0 bridgehead atoms. The molecule has 6 nitrogen and oxygen atoms in total. The van der Waals surface area contributed by atoms with E-state index in [4.69, 9.17) is 0 Å². The molecule has 0 aromatic rings. The second-order valence-corrected chi connectivity index (χ2v) is 5.26. The Morgan fingerprint density at radius 2 is 2.00 bits per heavy atom. The molecule has 0 saturated carbocycles. The van der Waals surface area contributed by atoms with Gasteiger partial charge in [0.1, 0.15) is 6.04 Å². The topological polar surface area (TPSA) is 78.9 Å². The third-order valence-corrected chi connectivity index (χ3v) is 2.50. The molecule has 2 atom stereocenters. The van der Waals surface area contributed by atoms with Crippen LogP contribution in [0.25, 0.3) is 0 Å². The number of esters is 1. The third kappa shape index (κ3) is 3.59. The average Bonchev–Trinajstić information content (AvgIpc) is 2.56. The number of likely N-dealkylation sites (tertiary alicyclic amines) is 1. The molecule has 6 heteroatoms. The van der Waals surface area contributed by atoms with Gasteiger partial charge in [-0.2, -0.15) is 0 Å². The minimum Gasteiger partial charge on any atom is -0.467 e. The van der Waals surface area contributed by atoms with E-state index in [9.17, 15) is 14.7 Å². The molecule has 0 aliphatic carbocycles. The Balaban J connectivity index is 2.73. The van der Waals surface area contributed by atoms with E-state index >= 15 is 0 Å². The minimum atomic E-state index is -0.697. The molecule has 1 aliphatic rings. The van der Waals surface area contributed by atoms with E-state index in [1.54, 1.807) is 0 Å². The molecule has 2 N–H and O–H groups in total. The number of aliphatic hydroxyl groups excluding tert-OH is 1. The molecule has 0 aromatic carbocycles. The van der Waals surface area contributed by atoms with Gasteiger partial charge in [-0.25, -0.2) is 9.59 Å². The third-order valence-electron chi connectivity index (χ3n) is 2.50. The van der Waals surface area contributed by atoms with Crippen LogP contribution in [0.3, 0.4) is 0 Å². The summed E-state index contributed by atoms with van der Waals surface area (Å²) in [6.07, 6.45) is -0.450. The van der Waals surface area contributed by atoms with Crippen LogP contribution in [0.1, 0.15) is 27.2 Å². The van der Waals surface area contributed by atoms with Crippen LogP contribution in [0.15, 0.2) is 0 Å². The second-order valence-electron chi connectivity index (χ2n) is 5.26. The zero-order valence-corrected chi connectivity index (χ0v) is 10.7. The summed E-state index contributed by atoms with van der Waals surface area (Å²) in [6, 6.07) is -1.05. The normalized spacial score (nSPS) is 24.6. The molecule has 0 aromatic heterocycles. The summed E-state index contributed by atoms with van der Waals surface area (Å²) in [5, 5.41) is 12.3. The van der Waals surface area contributed by atoms with Crippen LogP contribution >= 0.6 is 0 Å². The van der Waals surface area contributed by atoms with Crippen molar-refractivity contribution in [1.29, 1.82) is 0 Å². The molecule has 1 aliphatic heterocycles. The molecule has 17 heavy (non-hydrogen) atoms. The fraction of sp³-hybridized carbons (Fsp3) is 0.818. The molecule has 1 heterocycles. The number of aliphatic hydroxyl groups is 1. The van der Waals surface area contributed by atoms with E-state index in [0.29, 0.717) is 0 Å². The van der Waals surface area contributed by atoms with Crippen molar-refractivity contribution >= 4 is 12.0 Å². The average molecular weight is 244 g/mol. The smallest absolute Gasteiger partial charge is 0.328 e. The fourth-order valence-electron chi connectivity index (χ4n) is 1.79. The summed E-state index contributed by atoms with van der Waals surface area (Å²) >= 11 is 0. The van der Waals surface area contributed by atoms with Crippen molar-refractivity contribution in [2.45, 2.75) is 44.9 Å². The highest BCUT2D eigenvalue weighted by atomic mass is 16.5. The van der Waals surface area contributed by atoms with Gasteiger partial charge in [-0.15, -0.1) is 0 Å². The number of ether oxygens (including phenoxy) is 1. The van der Waals surface area contributed by atoms with E-state index in [-0.39, 0.29) is 24.5 Å². The summed E-state index contributed by atoms with van der Waals surface area (Å²) in [7, 11) is 1.27. The van der Waals surface area contributed by atoms with E-state index < -0.39 is 18.1 Å². The molecule has 1 fully saturated rings. The van der Waals surface area contributed by atoms with Crippen molar-refractivity contribution in [2.75, 3.05) is 13.7 Å². The highest BCUT2D eigenvalue weighted by Gasteiger charge is 2.40. The molecule has 1 saturated heterocycles. The number of rotatable bonds is 1. The maximum Gasteiger partial charge on any atom is 0.328 e. The molecule has 0 unspecified atom stereocenters. The number of carbonyl (C=O) groups excluding carboxylic acids is 2. The number of urea groups is 1. The molecular weight excluding hydrogens is 224 g/mol. The first-order valence-corrected chi connectivity index (χ1v) is 5.59. The largest absolute Gasteiger partial charge is 0.467 e. The van der Waals surface area contributed by atoms with Crippen molar-refractivity contribution < 1.29 is 19.4 Å². The number of hydrogen-bond acceptors (Lipinski definition) is 4. The molecule has 0 radical (unpaired) electrons. The highest BCUT2D eigenvalue weighted by Crippen LogP contribution is 2.19. The Labute approximate surface area is 101 Å². The van der Waals surface area contributed by atoms with Gasteiger partial charge in [0.15, 0.2) is 0 Å². The number of methoxy groups -OCH3 is 1. The molecule has 98 valence electrons. The molecular formula is C11H20N2O4. The van der Waals surface area contributed by atoms with Crippen LogP contribution in [0.2, 0.25) is 0 Å². The monoisotopic (exact) mass is 244 g/mol. The van der Waals surface area contributed by atoms with Crippen molar-refractivity contribution in [2.24, 2.45) is 0 Å².